The third kappa shape index (κ3) is 1.32. The van der Waals surface area contributed by atoms with Gasteiger partial charge in [-0.1, -0.05) is 0 Å². The van der Waals surface area contributed by atoms with E-state index in [0.717, 1.165) is 22.2 Å². The lowest BCUT2D eigenvalue weighted by molar-refractivity contribution is 0.415. The van der Waals surface area contributed by atoms with Gasteiger partial charge in [0.1, 0.15) is 5.75 Å². The summed E-state index contributed by atoms with van der Waals surface area (Å²) in [5.41, 5.74) is 2.30. The fourth-order valence-corrected chi connectivity index (χ4v) is 2.06. The zero-order valence-corrected chi connectivity index (χ0v) is 9.52. The summed E-state index contributed by atoms with van der Waals surface area (Å²) in [5, 5.41) is 7.40. The molecule has 3 aromatic rings. The smallest absolute Gasteiger partial charge is 0.348 e. The monoisotopic (exact) mass is 229 g/mol. The number of fused-ring (bicyclic) bond motifs is 3. The molecule has 0 radical (unpaired) electrons. The number of H-pyrrole nitrogens is 1. The van der Waals surface area contributed by atoms with Gasteiger partial charge in [0.2, 0.25) is 0 Å². The zero-order chi connectivity index (χ0) is 12.0. The first-order valence-corrected chi connectivity index (χ1v) is 5.25. The molecule has 0 saturated carbocycles. The van der Waals surface area contributed by atoms with Crippen molar-refractivity contribution in [2.75, 3.05) is 7.11 Å². The third-order valence-corrected chi connectivity index (χ3v) is 2.91. The maximum Gasteiger partial charge on any atom is 0.348 e. The number of aromatic amines is 1. The Morgan fingerprint density at radius 3 is 2.94 bits per heavy atom. The van der Waals surface area contributed by atoms with Crippen LogP contribution < -0.4 is 10.4 Å². The maximum absolute atomic E-state index is 11.7. The molecular weight excluding hydrogens is 218 g/mol. The van der Waals surface area contributed by atoms with E-state index < -0.39 is 0 Å². The molecule has 17 heavy (non-hydrogen) atoms. The second-order valence-corrected chi connectivity index (χ2v) is 3.93. The van der Waals surface area contributed by atoms with E-state index in [1.165, 1.54) is 0 Å². The van der Waals surface area contributed by atoms with Crippen molar-refractivity contribution in [1.29, 1.82) is 0 Å². The van der Waals surface area contributed by atoms with E-state index in [2.05, 4.69) is 10.2 Å². The van der Waals surface area contributed by atoms with Crippen LogP contribution in [0.4, 0.5) is 0 Å². The normalized spacial score (nSPS) is 11.2. The number of nitrogens with one attached hydrogen (secondary N) is 1. The van der Waals surface area contributed by atoms with Crippen molar-refractivity contribution in [3.63, 3.8) is 0 Å². The average molecular weight is 229 g/mol. The second kappa shape index (κ2) is 3.35. The molecule has 2 aromatic heterocycles. The standard InChI is InChI=1S/C12H11N3O2/c1-7-5-11-13-14-12(16)15(11)10-4-3-8(17-2)6-9(7)10/h3-6H,1-2H3,(H,14,16). The number of aryl methyl sites for hydroxylation is 1. The zero-order valence-electron chi connectivity index (χ0n) is 9.52. The minimum absolute atomic E-state index is 0.227. The van der Waals surface area contributed by atoms with Crippen molar-refractivity contribution >= 4 is 16.6 Å². The Hall–Kier alpha value is -2.30. The van der Waals surface area contributed by atoms with E-state index >= 15 is 0 Å². The molecule has 0 atom stereocenters. The molecule has 0 aliphatic rings. The Balaban J connectivity index is 2.57. The number of methoxy groups -OCH3 is 1. The molecule has 86 valence electrons. The largest absolute Gasteiger partial charge is 0.497 e. The highest BCUT2D eigenvalue weighted by atomic mass is 16.5. The number of hydrogen-bond donors (Lipinski definition) is 1. The Kier molecular flexibility index (Phi) is 1.95. The van der Waals surface area contributed by atoms with Crippen molar-refractivity contribution in [1.82, 2.24) is 14.6 Å². The van der Waals surface area contributed by atoms with Crippen LogP contribution in [0.2, 0.25) is 0 Å². The van der Waals surface area contributed by atoms with Gasteiger partial charge in [0.15, 0.2) is 5.65 Å². The van der Waals surface area contributed by atoms with Gasteiger partial charge in [-0.05, 0) is 36.8 Å². The lowest BCUT2D eigenvalue weighted by Gasteiger charge is -2.06. The maximum atomic E-state index is 11.7. The highest BCUT2D eigenvalue weighted by molar-refractivity contribution is 5.86. The third-order valence-electron chi connectivity index (χ3n) is 2.91. The Labute approximate surface area is 96.6 Å². The van der Waals surface area contributed by atoms with Gasteiger partial charge < -0.3 is 4.74 Å². The number of nitrogens with zero attached hydrogens (tertiary/aromatic N) is 2. The SMILES string of the molecule is COc1ccc2c(c1)c(C)cc1n[nH]c(=O)n12. The number of aromatic nitrogens is 3. The number of benzene rings is 1. The fourth-order valence-electron chi connectivity index (χ4n) is 2.06. The molecule has 2 heterocycles. The van der Waals surface area contributed by atoms with Gasteiger partial charge in [0.25, 0.3) is 0 Å². The van der Waals surface area contributed by atoms with E-state index in [0.29, 0.717) is 5.65 Å². The summed E-state index contributed by atoms with van der Waals surface area (Å²) in [6.45, 7) is 1.99. The molecule has 0 bridgehead atoms. The Bertz CT molecular complexity index is 770. The minimum Gasteiger partial charge on any atom is -0.497 e. The Morgan fingerprint density at radius 1 is 1.35 bits per heavy atom. The molecule has 5 heteroatoms. The van der Waals surface area contributed by atoms with Crippen molar-refractivity contribution < 1.29 is 4.74 Å². The van der Waals surface area contributed by atoms with Crippen LogP contribution in [-0.4, -0.2) is 21.7 Å². The predicted molar refractivity (Wildman–Crippen MR) is 64.6 cm³/mol. The molecule has 0 fully saturated rings. The highest BCUT2D eigenvalue weighted by Gasteiger charge is 2.08. The van der Waals surface area contributed by atoms with Crippen LogP contribution in [0.15, 0.2) is 29.1 Å². The molecule has 3 rings (SSSR count). The van der Waals surface area contributed by atoms with Crippen molar-refractivity contribution in [2.45, 2.75) is 6.92 Å². The first-order chi connectivity index (χ1) is 8.20. The van der Waals surface area contributed by atoms with Crippen LogP contribution in [0.3, 0.4) is 0 Å². The molecule has 5 nitrogen and oxygen atoms in total. The van der Waals surface area contributed by atoms with Crippen LogP contribution in [-0.2, 0) is 0 Å². The summed E-state index contributed by atoms with van der Waals surface area (Å²) in [7, 11) is 1.62. The average Bonchev–Trinajstić information content (AvgIpc) is 2.70. The van der Waals surface area contributed by atoms with Crippen LogP contribution in [0.5, 0.6) is 5.75 Å². The number of hydrogen-bond acceptors (Lipinski definition) is 3. The number of pyridine rings is 1. The van der Waals surface area contributed by atoms with Gasteiger partial charge in [-0.25, -0.2) is 14.3 Å². The molecule has 1 aromatic carbocycles. The lowest BCUT2D eigenvalue weighted by atomic mass is 10.1. The first-order valence-electron chi connectivity index (χ1n) is 5.25. The summed E-state index contributed by atoms with van der Waals surface area (Å²) < 4.78 is 6.75. The molecule has 0 aliphatic carbocycles. The molecule has 0 aliphatic heterocycles. The lowest BCUT2D eigenvalue weighted by Crippen LogP contribution is -2.10. The predicted octanol–water partition coefficient (Wildman–Crippen LogP) is 1.49. The highest BCUT2D eigenvalue weighted by Crippen LogP contribution is 2.24. The van der Waals surface area contributed by atoms with E-state index in [4.69, 9.17) is 4.74 Å². The summed E-state index contributed by atoms with van der Waals surface area (Å²) in [6, 6.07) is 7.50. The molecule has 0 unspecified atom stereocenters. The number of rotatable bonds is 1. The fraction of sp³-hybridized carbons (Fsp3) is 0.167. The minimum atomic E-state index is -0.227. The summed E-state index contributed by atoms with van der Waals surface area (Å²) in [5.74, 6) is 0.775. The summed E-state index contributed by atoms with van der Waals surface area (Å²) in [4.78, 5) is 11.7. The molecular formula is C12H11N3O2. The second-order valence-electron chi connectivity index (χ2n) is 3.93. The van der Waals surface area contributed by atoms with Crippen molar-refractivity contribution in [2.24, 2.45) is 0 Å². The number of ether oxygens (including phenoxy) is 1. The van der Waals surface area contributed by atoms with E-state index in [1.54, 1.807) is 11.5 Å². The van der Waals surface area contributed by atoms with Crippen molar-refractivity contribution in [3.8, 4) is 5.75 Å². The van der Waals surface area contributed by atoms with Gasteiger partial charge >= 0.3 is 5.69 Å². The summed E-state index contributed by atoms with van der Waals surface area (Å²) >= 11 is 0. The van der Waals surface area contributed by atoms with Crippen molar-refractivity contribution in [3.05, 3.63) is 40.3 Å². The quantitative estimate of drug-likeness (QED) is 0.687. The van der Waals surface area contributed by atoms with Gasteiger partial charge in [-0.3, -0.25) is 0 Å². The van der Waals surface area contributed by atoms with Gasteiger partial charge in [-0.15, -0.1) is 0 Å². The van der Waals surface area contributed by atoms with E-state index in [9.17, 15) is 4.79 Å². The van der Waals surface area contributed by atoms with E-state index in [1.807, 2.05) is 31.2 Å². The van der Waals surface area contributed by atoms with Gasteiger partial charge in [0, 0.05) is 5.39 Å². The van der Waals surface area contributed by atoms with Crippen LogP contribution in [0.25, 0.3) is 16.6 Å². The first kappa shape index (κ1) is 9.89. The molecule has 0 amide bonds. The van der Waals surface area contributed by atoms with Gasteiger partial charge in [-0.2, -0.15) is 5.10 Å². The van der Waals surface area contributed by atoms with Crippen LogP contribution in [0, 0.1) is 6.92 Å². The van der Waals surface area contributed by atoms with Gasteiger partial charge in [0.05, 0.1) is 12.6 Å². The van der Waals surface area contributed by atoms with Crippen LogP contribution >= 0.6 is 0 Å². The molecule has 0 spiro atoms. The van der Waals surface area contributed by atoms with E-state index in [-0.39, 0.29) is 5.69 Å². The molecule has 1 N–H and O–H groups in total. The Morgan fingerprint density at radius 2 is 2.18 bits per heavy atom. The topological polar surface area (TPSA) is 59.4 Å². The molecule has 0 saturated heterocycles. The summed E-state index contributed by atoms with van der Waals surface area (Å²) in [6.07, 6.45) is 0. The van der Waals surface area contributed by atoms with Crippen LogP contribution in [0.1, 0.15) is 5.56 Å².